The Morgan fingerprint density at radius 2 is 2.04 bits per heavy atom. The number of alkyl halides is 3. The Labute approximate surface area is 128 Å². The molecule has 1 aromatic rings. The lowest BCUT2D eigenvalue weighted by molar-refractivity contribution is -0.384. The van der Waals surface area contributed by atoms with Crippen molar-refractivity contribution in [3.05, 3.63) is 28.3 Å². The first-order chi connectivity index (χ1) is 10.5. The third kappa shape index (κ3) is 5.90. The van der Waals surface area contributed by atoms with Crippen molar-refractivity contribution >= 4 is 28.0 Å². The number of amides is 1. The SMILES string of the molecule is CN(CC(F)(F)F)c1ccc(OC(=O)N=S(=O)=O)cc1[N+](=O)[O-]. The van der Waals surface area contributed by atoms with E-state index in [-0.39, 0.29) is 5.69 Å². The van der Waals surface area contributed by atoms with Crippen LogP contribution < -0.4 is 9.64 Å². The summed E-state index contributed by atoms with van der Waals surface area (Å²) in [7, 11) is -2.08. The first-order valence-corrected chi connectivity index (χ1v) is 6.62. The summed E-state index contributed by atoms with van der Waals surface area (Å²) in [6, 6.07) is 2.58. The van der Waals surface area contributed by atoms with Gasteiger partial charge in [0.25, 0.3) is 5.69 Å². The standard InChI is InChI=1S/C10H8F3N3O6S/c1-15(5-10(11,12)13)7-3-2-6(4-8(7)16(18)19)22-9(17)14-23(20)21/h2-4H,5H2,1H3. The molecular weight excluding hydrogens is 347 g/mol. The summed E-state index contributed by atoms with van der Waals surface area (Å²) in [5, 5.41) is 10.9. The third-order valence-electron chi connectivity index (χ3n) is 2.33. The van der Waals surface area contributed by atoms with Gasteiger partial charge in [-0.25, -0.2) is 4.79 Å². The average Bonchev–Trinajstić information content (AvgIpc) is 2.35. The monoisotopic (exact) mass is 355 g/mol. The van der Waals surface area contributed by atoms with E-state index in [1.807, 2.05) is 0 Å². The minimum atomic E-state index is -4.58. The minimum absolute atomic E-state index is 0.364. The summed E-state index contributed by atoms with van der Waals surface area (Å²) in [5.41, 5.74) is -1.12. The van der Waals surface area contributed by atoms with E-state index in [1.165, 1.54) is 0 Å². The maximum atomic E-state index is 12.3. The zero-order chi connectivity index (χ0) is 17.8. The number of anilines is 1. The molecule has 0 aromatic heterocycles. The van der Waals surface area contributed by atoms with Crippen molar-refractivity contribution in [2.75, 3.05) is 18.5 Å². The van der Waals surface area contributed by atoms with Crippen LogP contribution in [-0.4, -0.2) is 39.2 Å². The summed E-state index contributed by atoms with van der Waals surface area (Å²) >= 11 is 0. The Morgan fingerprint density at radius 1 is 1.43 bits per heavy atom. The van der Waals surface area contributed by atoms with Crippen LogP contribution in [0.1, 0.15) is 0 Å². The molecule has 126 valence electrons. The van der Waals surface area contributed by atoms with E-state index in [9.17, 15) is 36.5 Å². The van der Waals surface area contributed by atoms with Gasteiger partial charge in [-0.2, -0.15) is 21.6 Å². The lowest BCUT2D eigenvalue weighted by Crippen LogP contribution is -2.31. The number of nitro groups is 1. The average molecular weight is 355 g/mol. The smallest absolute Gasteiger partial charge is 0.408 e. The lowest BCUT2D eigenvalue weighted by Gasteiger charge is -2.20. The topological polar surface area (TPSA) is 119 Å². The van der Waals surface area contributed by atoms with Crippen LogP contribution in [0.15, 0.2) is 22.6 Å². The van der Waals surface area contributed by atoms with Gasteiger partial charge in [0.2, 0.25) is 0 Å². The Bertz CT molecular complexity index is 754. The van der Waals surface area contributed by atoms with Gasteiger partial charge in [0.1, 0.15) is 18.0 Å². The molecular formula is C10H8F3N3O6S. The highest BCUT2D eigenvalue weighted by Crippen LogP contribution is 2.33. The van der Waals surface area contributed by atoms with E-state index in [0.717, 1.165) is 19.2 Å². The number of halogens is 3. The molecule has 0 spiro atoms. The van der Waals surface area contributed by atoms with Gasteiger partial charge in [0.05, 0.1) is 11.0 Å². The van der Waals surface area contributed by atoms with Crippen molar-refractivity contribution < 1.29 is 36.0 Å². The first kappa shape index (κ1) is 18.3. The molecule has 0 unspecified atom stereocenters. The van der Waals surface area contributed by atoms with Gasteiger partial charge in [0.15, 0.2) is 0 Å². The van der Waals surface area contributed by atoms with Crippen molar-refractivity contribution in [1.29, 1.82) is 0 Å². The van der Waals surface area contributed by atoms with Crippen LogP contribution in [0.3, 0.4) is 0 Å². The van der Waals surface area contributed by atoms with E-state index in [2.05, 4.69) is 9.10 Å². The second kappa shape index (κ2) is 7.04. The molecule has 13 heteroatoms. The zero-order valence-corrected chi connectivity index (χ0v) is 12.1. The predicted molar refractivity (Wildman–Crippen MR) is 69.8 cm³/mol. The third-order valence-corrected chi connectivity index (χ3v) is 2.62. The van der Waals surface area contributed by atoms with Gasteiger partial charge in [-0.1, -0.05) is 4.36 Å². The summed E-state index contributed by atoms with van der Waals surface area (Å²) in [4.78, 5) is 21.6. The Balaban J connectivity index is 3.14. The fourth-order valence-corrected chi connectivity index (χ4v) is 1.73. The number of ether oxygens (including phenoxy) is 1. The molecule has 0 saturated heterocycles. The zero-order valence-electron chi connectivity index (χ0n) is 11.3. The number of hydrogen-bond acceptors (Lipinski definition) is 7. The minimum Gasteiger partial charge on any atom is -0.408 e. The highest BCUT2D eigenvalue weighted by molar-refractivity contribution is 7.62. The van der Waals surface area contributed by atoms with Crippen LogP contribution in [-0.2, 0) is 10.5 Å². The van der Waals surface area contributed by atoms with Gasteiger partial charge in [0, 0.05) is 7.05 Å². The Morgan fingerprint density at radius 3 is 2.52 bits per heavy atom. The molecule has 0 heterocycles. The van der Waals surface area contributed by atoms with Crippen LogP contribution >= 0.6 is 0 Å². The lowest BCUT2D eigenvalue weighted by atomic mass is 10.2. The number of nitrogens with zero attached hydrogens (tertiary/aromatic N) is 3. The summed E-state index contributed by atoms with van der Waals surface area (Å²) in [6.45, 7) is -1.43. The van der Waals surface area contributed by atoms with E-state index in [1.54, 1.807) is 0 Å². The van der Waals surface area contributed by atoms with Crippen LogP contribution in [0, 0.1) is 10.1 Å². The second-order valence-corrected chi connectivity index (χ2v) is 4.67. The van der Waals surface area contributed by atoms with Gasteiger partial charge in [-0.15, -0.1) is 0 Å². The molecule has 1 amide bonds. The Hall–Kier alpha value is -2.70. The number of nitro benzene ring substituents is 1. The molecule has 0 aliphatic heterocycles. The molecule has 1 aromatic carbocycles. The number of carbonyl (C=O) groups is 1. The van der Waals surface area contributed by atoms with E-state index >= 15 is 0 Å². The van der Waals surface area contributed by atoms with Crippen LogP contribution in [0.5, 0.6) is 5.75 Å². The van der Waals surface area contributed by atoms with Crippen molar-refractivity contribution in [1.82, 2.24) is 0 Å². The van der Waals surface area contributed by atoms with E-state index < -0.39 is 45.7 Å². The maximum Gasteiger partial charge on any atom is 0.454 e. The van der Waals surface area contributed by atoms with Crippen molar-refractivity contribution in [3.8, 4) is 5.75 Å². The molecule has 23 heavy (non-hydrogen) atoms. The fourth-order valence-electron chi connectivity index (χ4n) is 1.57. The molecule has 9 nitrogen and oxygen atoms in total. The van der Waals surface area contributed by atoms with Crippen molar-refractivity contribution in [3.63, 3.8) is 0 Å². The molecule has 0 aliphatic rings. The van der Waals surface area contributed by atoms with E-state index in [0.29, 0.717) is 11.0 Å². The molecule has 0 fully saturated rings. The highest BCUT2D eigenvalue weighted by Gasteiger charge is 2.31. The highest BCUT2D eigenvalue weighted by atomic mass is 32.2. The first-order valence-electron chi connectivity index (χ1n) is 5.59. The van der Waals surface area contributed by atoms with Crippen molar-refractivity contribution in [2.45, 2.75) is 6.18 Å². The molecule has 0 saturated carbocycles. The molecule has 0 aliphatic carbocycles. The number of benzene rings is 1. The van der Waals surface area contributed by atoms with Gasteiger partial charge >= 0.3 is 22.8 Å². The molecule has 0 radical (unpaired) electrons. The van der Waals surface area contributed by atoms with Gasteiger partial charge < -0.3 is 9.64 Å². The quantitative estimate of drug-likeness (QED) is 0.599. The number of carbonyl (C=O) groups excluding carboxylic acids is 1. The predicted octanol–water partition coefficient (Wildman–Crippen LogP) is 2.15. The number of rotatable bonds is 4. The maximum absolute atomic E-state index is 12.3. The van der Waals surface area contributed by atoms with Crippen molar-refractivity contribution in [2.24, 2.45) is 4.36 Å². The normalized spacial score (nSPS) is 10.8. The fraction of sp³-hybridized carbons (Fsp3) is 0.300. The van der Waals surface area contributed by atoms with Crippen LogP contribution in [0.2, 0.25) is 0 Å². The Kier molecular flexibility index (Phi) is 5.62. The van der Waals surface area contributed by atoms with Gasteiger partial charge in [-0.05, 0) is 12.1 Å². The molecule has 1 rings (SSSR count). The largest absolute Gasteiger partial charge is 0.454 e. The number of hydrogen-bond donors (Lipinski definition) is 0. The summed E-state index contributed by atoms with van der Waals surface area (Å²) in [6.07, 6.45) is -6.13. The van der Waals surface area contributed by atoms with Crippen LogP contribution in [0.4, 0.5) is 29.3 Å². The molecule has 0 atom stereocenters. The van der Waals surface area contributed by atoms with Gasteiger partial charge in [-0.3, -0.25) is 10.1 Å². The molecule has 0 N–H and O–H groups in total. The van der Waals surface area contributed by atoms with Crippen LogP contribution in [0.25, 0.3) is 0 Å². The summed E-state index contributed by atoms with van der Waals surface area (Å²) < 4.78 is 64.2. The second-order valence-electron chi connectivity index (χ2n) is 4.06. The van der Waals surface area contributed by atoms with E-state index in [4.69, 9.17) is 0 Å². The molecule has 0 bridgehead atoms. The summed E-state index contributed by atoms with van der Waals surface area (Å²) in [5.74, 6) is -0.444.